The van der Waals surface area contributed by atoms with Gasteiger partial charge in [0.2, 0.25) is 0 Å². The topological polar surface area (TPSA) is 61.9 Å². The van der Waals surface area contributed by atoms with Crippen molar-refractivity contribution in [1.29, 1.82) is 5.26 Å². The molecule has 27 heavy (non-hydrogen) atoms. The minimum absolute atomic E-state index is 0.0251. The Labute approximate surface area is 158 Å². The van der Waals surface area contributed by atoms with Crippen LogP contribution in [0.15, 0.2) is 54.6 Å². The first kappa shape index (κ1) is 17.0. The van der Waals surface area contributed by atoms with Gasteiger partial charge < -0.3 is 4.90 Å². The summed E-state index contributed by atoms with van der Waals surface area (Å²) in [5.41, 5.74) is 5.65. The van der Waals surface area contributed by atoms with E-state index in [-0.39, 0.29) is 5.91 Å². The number of carbonyl (C=O) groups excluding carboxylic acids is 1. The van der Waals surface area contributed by atoms with Gasteiger partial charge in [-0.3, -0.25) is 9.48 Å². The molecule has 4 rings (SSSR count). The van der Waals surface area contributed by atoms with Crippen LogP contribution in [0.5, 0.6) is 0 Å². The fraction of sp³-hybridized carbons (Fsp3) is 0.227. The third kappa shape index (κ3) is 3.22. The molecule has 0 radical (unpaired) electrons. The first-order valence-electron chi connectivity index (χ1n) is 9.07. The maximum atomic E-state index is 12.9. The van der Waals surface area contributed by atoms with E-state index in [1.807, 2.05) is 34.8 Å². The molecule has 0 spiro atoms. The van der Waals surface area contributed by atoms with Gasteiger partial charge in [0.05, 0.1) is 23.0 Å². The zero-order chi connectivity index (χ0) is 18.8. The quantitative estimate of drug-likeness (QED) is 0.708. The van der Waals surface area contributed by atoms with E-state index in [0.29, 0.717) is 24.2 Å². The number of aryl methyl sites for hydroxylation is 1. The average Bonchev–Trinajstić information content (AvgIpc) is 2.89. The first-order chi connectivity index (χ1) is 13.2. The second-order valence-electron chi connectivity index (χ2n) is 6.75. The maximum absolute atomic E-state index is 12.9. The summed E-state index contributed by atoms with van der Waals surface area (Å²) in [6.45, 7) is 1.28. The van der Waals surface area contributed by atoms with Crippen LogP contribution in [0.2, 0.25) is 0 Å². The van der Waals surface area contributed by atoms with Crippen LogP contribution in [-0.2, 0) is 19.9 Å². The number of nitrogens with zero attached hydrogens (tertiary/aromatic N) is 4. The van der Waals surface area contributed by atoms with E-state index < -0.39 is 0 Å². The van der Waals surface area contributed by atoms with Gasteiger partial charge in [-0.15, -0.1) is 0 Å². The van der Waals surface area contributed by atoms with Crippen LogP contribution >= 0.6 is 0 Å². The van der Waals surface area contributed by atoms with E-state index in [1.165, 1.54) is 5.56 Å². The highest BCUT2D eigenvalue weighted by molar-refractivity contribution is 5.94. The molecule has 0 fully saturated rings. The molecule has 3 aromatic rings. The van der Waals surface area contributed by atoms with Crippen LogP contribution in [0, 0.1) is 11.3 Å². The number of amides is 1. The molecule has 0 saturated heterocycles. The van der Waals surface area contributed by atoms with Crippen molar-refractivity contribution in [1.82, 2.24) is 14.7 Å². The zero-order valence-electron chi connectivity index (χ0n) is 15.2. The van der Waals surface area contributed by atoms with Gasteiger partial charge in [0.15, 0.2) is 0 Å². The van der Waals surface area contributed by atoms with Gasteiger partial charge in [-0.2, -0.15) is 10.4 Å². The molecule has 1 amide bonds. The number of rotatable bonds is 2. The first-order valence-corrected chi connectivity index (χ1v) is 9.07. The standard InChI is InChI=1S/C22H20N4O/c1-25-21(17-7-3-2-4-8-17)19-10-12-26(13-11-20(19)24-25)22(27)18-9-5-6-16(14-18)15-23/h2-9,14H,10-13H2,1H3. The van der Waals surface area contributed by atoms with Crippen molar-refractivity contribution >= 4 is 5.91 Å². The highest BCUT2D eigenvalue weighted by atomic mass is 16.2. The van der Waals surface area contributed by atoms with E-state index >= 15 is 0 Å². The van der Waals surface area contributed by atoms with E-state index in [4.69, 9.17) is 10.4 Å². The second-order valence-corrected chi connectivity index (χ2v) is 6.75. The summed E-state index contributed by atoms with van der Waals surface area (Å²) in [6.07, 6.45) is 1.51. The predicted octanol–water partition coefficient (Wildman–Crippen LogP) is 3.20. The van der Waals surface area contributed by atoms with Crippen molar-refractivity contribution in [3.8, 4) is 17.3 Å². The van der Waals surface area contributed by atoms with Crippen LogP contribution in [0.1, 0.15) is 27.2 Å². The normalized spacial score (nSPS) is 13.6. The molecule has 0 aliphatic carbocycles. The number of benzene rings is 2. The predicted molar refractivity (Wildman–Crippen MR) is 103 cm³/mol. The molecule has 1 aliphatic rings. The summed E-state index contributed by atoms with van der Waals surface area (Å²) < 4.78 is 1.95. The Balaban J connectivity index is 1.60. The van der Waals surface area contributed by atoms with Gasteiger partial charge in [0.1, 0.15) is 0 Å². The number of nitriles is 1. The summed E-state index contributed by atoms with van der Waals surface area (Å²) in [7, 11) is 1.98. The Morgan fingerprint density at radius 3 is 2.63 bits per heavy atom. The lowest BCUT2D eigenvalue weighted by atomic mass is 10.0. The van der Waals surface area contributed by atoms with Crippen LogP contribution < -0.4 is 0 Å². The lowest BCUT2D eigenvalue weighted by molar-refractivity contribution is 0.0762. The van der Waals surface area contributed by atoms with Crippen LogP contribution in [0.25, 0.3) is 11.3 Å². The third-order valence-electron chi connectivity index (χ3n) is 5.05. The van der Waals surface area contributed by atoms with E-state index in [0.717, 1.165) is 29.8 Å². The Kier molecular flexibility index (Phi) is 4.47. The number of carbonyl (C=O) groups is 1. The van der Waals surface area contributed by atoms with Crippen LogP contribution in [-0.4, -0.2) is 33.7 Å². The molecular weight excluding hydrogens is 336 g/mol. The molecule has 0 N–H and O–H groups in total. The lowest BCUT2D eigenvalue weighted by Gasteiger charge is -2.20. The number of fused-ring (bicyclic) bond motifs is 1. The molecule has 1 aromatic heterocycles. The number of hydrogen-bond donors (Lipinski definition) is 0. The molecule has 1 aliphatic heterocycles. The van der Waals surface area contributed by atoms with Gasteiger partial charge in [0, 0.05) is 43.2 Å². The fourth-order valence-electron chi connectivity index (χ4n) is 3.75. The van der Waals surface area contributed by atoms with Gasteiger partial charge in [-0.05, 0) is 24.6 Å². The second kappa shape index (κ2) is 7.08. The van der Waals surface area contributed by atoms with Crippen LogP contribution in [0.3, 0.4) is 0 Å². The van der Waals surface area contributed by atoms with Crippen molar-refractivity contribution in [3.63, 3.8) is 0 Å². The minimum atomic E-state index is -0.0251. The van der Waals surface area contributed by atoms with Gasteiger partial charge in [-0.25, -0.2) is 0 Å². The van der Waals surface area contributed by atoms with Crippen molar-refractivity contribution < 1.29 is 4.79 Å². The fourth-order valence-corrected chi connectivity index (χ4v) is 3.75. The summed E-state index contributed by atoms with van der Waals surface area (Å²) in [4.78, 5) is 14.8. The highest BCUT2D eigenvalue weighted by Gasteiger charge is 2.25. The molecule has 2 aromatic carbocycles. The molecular formula is C22H20N4O. The van der Waals surface area contributed by atoms with Crippen molar-refractivity contribution in [2.24, 2.45) is 7.05 Å². The average molecular weight is 356 g/mol. The Morgan fingerprint density at radius 1 is 1.07 bits per heavy atom. The monoisotopic (exact) mass is 356 g/mol. The summed E-state index contributed by atoms with van der Waals surface area (Å²) in [5.74, 6) is -0.0251. The molecule has 5 heteroatoms. The molecule has 134 valence electrons. The minimum Gasteiger partial charge on any atom is -0.338 e. The van der Waals surface area contributed by atoms with Gasteiger partial charge >= 0.3 is 0 Å². The smallest absolute Gasteiger partial charge is 0.253 e. The van der Waals surface area contributed by atoms with E-state index in [1.54, 1.807) is 24.3 Å². The highest BCUT2D eigenvalue weighted by Crippen LogP contribution is 2.28. The van der Waals surface area contributed by atoms with Gasteiger partial charge in [0.25, 0.3) is 5.91 Å². The summed E-state index contributed by atoms with van der Waals surface area (Å²) in [6, 6.07) is 19.3. The Bertz CT molecular complexity index is 1030. The molecule has 2 heterocycles. The SMILES string of the molecule is Cn1nc2c(c1-c1ccccc1)CCN(C(=O)c1cccc(C#N)c1)CC2. The summed E-state index contributed by atoms with van der Waals surface area (Å²) >= 11 is 0. The molecule has 5 nitrogen and oxygen atoms in total. The van der Waals surface area contributed by atoms with E-state index in [2.05, 4.69) is 18.2 Å². The Morgan fingerprint density at radius 2 is 1.85 bits per heavy atom. The van der Waals surface area contributed by atoms with Crippen molar-refractivity contribution in [2.45, 2.75) is 12.8 Å². The lowest BCUT2D eigenvalue weighted by Crippen LogP contribution is -2.33. The van der Waals surface area contributed by atoms with Crippen molar-refractivity contribution in [3.05, 3.63) is 77.0 Å². The maximum Gasteiger partial charge on any atom is 0.253 e. The van der Waals surface area contributed by atoms with E-state index in [9.17, 15) is 4.79 Å². The van der Waals surface area contributed by atoms with Crippen LogP contribution in [0.4, 0.5) is 0 Å². The Hall–Kier alpha value is -3.39. The largest absolute Gasteiger partial charge is 0.338 e. The third-order valence-corrected chi connectivity index (χ3v) is 5.05. The molecule has 0 bridgehead atoms. The van der Waals surface area contributed by atoms with Crippen molar-refractivity contribution in [2.75, 3.05) is 13.1 Å². The molecule has 0 unspecified atom stereocenters. The summed E-state index contributed by atoms with van der Waals surface area (Å²) in [5, 5.41) is 13.8. The molecule has 0 atom stereocenters. The number of hydrogen-bond acceptors (Lipinski definition) is 3. The van der Waals surface area contributed by atoms with Gasteiger partial charge in [-0.1, -0.05) is 36.4 Å². The zero-order valence-corrected chi connectivity index (χ0v) is 15.2. The number of aromatic nitrogens is 2. The molecule has 0 saturated carbocycles.